The minimum Gasteiger partial charge on any atom is -0.492 e. The Balaban J connectivity index is 1.71. The lowest BCUT2D eigenvalue weighted by Crippen LogP contribution is -2.41. The van der Waals surface area contributed by atoms with Gasteiger partial charge in [-0.1, -0.05) is 32.0 Å². The summed E-state index contributed by atoms with van der Waals surface area (Å²) < 4.78 is 5.74. The van der Waals surface area contributed by atoms with Gasteiger partial charge >= 0.3 is 0 Å². The van der Waals surface area contributed by atoms with Gasteiger partial charge in [0.1, 0.15) is 12.4 Å². The highest BCUT2D eigenvalue weighted by Crippen LogP contribution is 2.19. The molecule has 0 saturated heterocycles. The number of guanidine groups is 1. The smallest absolute Gasteiger partial charge is 0.193 e. The van der Waals surface area contributed by atoms with E-state index in [2.05, 4.69) is 39.4 Å². The van der Waals surface area contributed by atoms with Gasteiger partial charge in [0, 0.05) is 38.4 Å². The lowest BCUT2D eigenvalue weighted by atomic mass is 10.2. The SMILES string of the molecule is CN=C(NCCc1csc(C(C)C)n1)N(C)CCOc1ccccc1. The van der Waals surface area contributed by atoms with Crippen LogP contribution in [0.4, 0.5) is 0 Å². The molecule has 1 aromatic heterocycles. The summed E-state index contributed by atoms with van der Waals surface area (Å²) in [6.07, 6.45) is 0.899. The third kappa shape index (κ3) is 6.38. The van der Waals surface area contributed by atoms with Crippen molar-refractivity contribution in [3.8, 4) is 5.75 Å². The Morgan fingerprint density at radius 3 is 2.72 bits per heavy atom. The van der Waals surface area contributed by atoms with E-state index in [1.54, 1.807) is 18.4 Å². The van der Waals surface area contributed by atoms with Gasteiger partial charge in [-0.05, 0) is 12.1 Å². The number of thiazole rings is 1. The fourth-order valence-electron chi connectivity index (χ4n) is 2.31. The highest BCUT2D eigenvalue weighted by molar-refractivity contribution is 7.09. The predicted octanol–water partition coefficient (Wildman–Crippen LogP) is 3.40. The van der Waals surface area contributed by atoms with Crippen LogP contribution in [-0.2, 0) is 6.42 Å². The zero-order valence-corrected chi connectivity index (χ0v) is 16.3. The molecule has 1 N–H and O–H groups in total. The van der Waals surface area contributed by atoms with Crippen molar-refractivity contribution in [2.45, 2.75) is 26.2 Å². The van der Waals surface area contributed by atoms with Gasteiger partial charge < -0.3 is 15.0 Å². The Hall–Kier alpha value is -2.08. The first kappa shape index (κ1) is 19.2. The van der Waals surface area contributed by atoms with Gasteiger partial charge in [-0.25, -0.2) is 4.98 Å². The van der Waals surface area contributed by atoms with E-state index in [1.165, 1.54) is 5.01 Å². The fourth-order valence-corrected chi connectivity index (χ4v) is 3.18. The number of para-hydroxylation sites is 1. The minimum absolute atomic E-state index is 0.496. The van der Waals surface area contributed by atoms with Crippen molar-refractivity contribution >= 4 is 17.3 Å². The third-order valence-electron chi connectivity index (χ3n) is 3.74. The average molecular weight is 361 g/mol. The van der Waals surface area contributed by atoms with Crippen molar-refractivity contribution in [3.63, 3.8) is 0 Å². The predicted molar refractivity (Wildman–Crippen MR) is 106 cm³/mol. The Labute approximate surface area is 154 Å². The van der Waals surface area contributed by atoms with Crippen LogP contribution in [0.15, 0.2) is 40.7 Å². The summed E-state index contributed by atoms with van der Waals surface area (Å²) in [7, 11) is 3.82. The Kier molecular flexibility index (Phi) is 7.73. The number of aliphatic imine (C=N–C) groups is 1. The maximum atomic E-state index is 5.74. The normalized spacial score (nSPS) is 11.6. The molecule has 0 amide bonds. The molecule has 5 nitrogen and oxygen atoms in total. The number of aromatic nitrogens is 1. The topological polar surface area (TPSA) is 49.8 Å². The van der Waals surface area contributed by atoms with Crippen molar-refractivity contribution in [1.29, 1.82) is 0 Å². The second-order valence-corrected chi connectivity index (χ2v) is 7.03. The van der Waals surface area contributed by atoms with Gasteiger partial charge in [-0.3, -0.25) is 4.99 Å². The first-order chi connectivity index (χ1) is 12.1. The lowest BCUT2D eigenvalue weighted by molar-refractivity contribution is 0.281. The van der Waals surface area contributed by atoms with Crippen molar-refractivity contribution in [1.82, 2.24) is 15.2 Å². The number of rotatable bonds is 8. The van der Waals surface area contributed by atoms with E-state index in [0.29, 0.717) is 12.5 Å². The Morgan fingerprint density at radius 2 is 2.08 bits per heavy atom. The van der Waals surface area contributed by atoms with E-state index >= 15 is 0 Å². The van der Waals surface area contributed by atoms with E-state index in [1.807, 2.05) is 37.4 Å². The highest BCUT2D eigenvalue weighted by Gasteiger charge is 2.08. The monoisotopic (exact) mass is 360 g/mol. The van der Waals surface area contributed by atoms with Crippen molar-refractivity contribution in [3.05, 3.63) is 46.4 Å². The van der Waals surface area contributed by atoms with E-state index in [9.17, 15) is 0 Å². The van der Waals surface area contributed by atoms with Crippen molar-refractivity contribution in [2.75, 3.05) is 33.8 Å². The molecule has 0 bridgehead atoms. The summed E-state index contributed by atoms with van der Waals surface area (Å²) in [6, 6.07) is 9.86. The fraction of sp³-hybridized carbons (Fsp3) is 0.474. The molecular weight excluding hydrogens is 332 g/mol. The van der Waals surface area contributed by atoms with Crippen LogP contribution in [0.25, 0.3) is 0 Å². The molecule has 0 aliphatic rings. The van der Waals surface area contributed by atoms with Crippen molar-refractivity contribution < 1.29 is 4.74 Å². The molecule has 1 heterocycles. The Morgan fingerprint density at radius 1 is 1.32 bits per heavy atom. The van der Waals surface area contributed by atoms with E-state index in [-0.39, 0.29) is 0 Å². The largest absolute Gasteiger partial charge is 0.492 e. The van der Waals surface area contributed by atoms with Gasteiger partial charge in [0.15, 0.2) is 5.96 Å². The van der Waals surface area contributed by atoms with Crippen LogP contribution in [-0.4, -0.2) is 49.6 Å². The molecule has 0 atom stereocenters. The molecule has 1 aromatic carbocycles. The van der Waals surface area contributed by atoms with Crippen LogP contribution in [0.1, 0.15) is 30.5 Å². The molecule has 25 heavy (non-hydrogen) atoms. The summed E-state index contributed by atoms with van der Waals surface area (Å²) in [5.41, 5.74) is 1.15. The molecule has 0 unspecified atom stereocenters. The second kappa shape index (κ2) is 10.0. The van der Waals surface area contributed by atoms with Crippen LogP contribution in [0, 0.1) is 0 Å². The van der Waals surface area contributed by atoms with Crippen LogP contribution < -0.4 is 10.1 Å². The minimum atomic E-state index is 0.496. The summed E-state index contributed by atoms with van der Waals surface area (Å²) in [4.78, 5) is 11.1. The Bertz CT molecular complexity index is 654. The zero-order chi connectivity index (χ0) is 18.1. The van der Waals surface area contributed by atoms with Gasteiger partial charge in [0.2, 0.25) is 0 Å². The summed E-state index contributed by atoms with van der Waals surface area (Å²) in [6.45, 7) is 6.55. The molecule has 0 aliphatic carbocycles. The molecule has 136 valence electrons. The van der Waals surface area contributed by atoms with Gasteiger partial charge in [0.05, 0.1) is 17.2 Å². The van der Waals surface area contributed by atoms with Crippen LogP contribution in [0.3, 0.4) is 0 Å². The number of hydrogen-bond donors (Lipinski definition) is 1. The van der Waals surface area contributed by atoms with E-state index in [4.69, 9.17) is 4.74 Å². The van der Waals surface area contributed by atoms with E-state index in [0.717, 1.165) is 36.9 Å². The van der Waals surface area contributed by atoms with Gasteiger partial charge in [0.25, 0.3) is 0 Å². The zero-order valence-electron chi connectivity index (χ0n) is 15.5. The number of nitrogens with one attached hydrogen (secondary N) is 1. The molecular formula is C19H28N4OS. The molecule has 6 heteroatoms. The maximum Gasteiger partial charge on any atom is 0.193 e. The highest BCUT2D eigenvalue weighted by atomic mass is 32.1. The molecule has 0 radical (unpaired) electrons. The summed E-state index contributed by atoms with van der Waals surface area (Å²) in [5.74, 6) is 2.26. The number of hydrogen-bond acceptors (Lipinski definition) is 4. The summed E-state index contributed by atoms with van der Waals surface area (Å²) in [5, 5.41) is 6.74. The quantitative estimate of drug-likeness (QED) is 0.579. The number of benzene rings is 1. The molecule has 0 saturated carbocycles. The van der Waals surface area contributed by atoms with Gasteiger partial charge in [-0.15, -0.1) is 11.3 Å². The standard InChI is InChI=1S/C19H28N4OS/c1-15(2)18-22-16(14-25-18)10-11-21-19(20-3)23(4)12-13-24-17-8-6-5-7-9-17/h5-9,14-15H,10-13H2,1-4H3,(H,20,21). The van der Waals surface area contributed by atoms with Crippen LogP contribution in [0.5, 0.6) is 5.75 Å². The number of likely N-dealkylation sites (N-methyl/N-ethyl adjacent to an activating group) is 1. The maximum absolute atomic E-state index is 5.74. The average Bonchev–Trinajstić information content (AvgIpc) is 3.09. The summed E-state index contributed by atoms with van der Waals surface area (Å²) >= 11 is 1.74. The number of ether oxygens (including phenoxy) is 1. The molecule has 0 aliphatic heterocycles. The first-order valence-electron chi connectivity index (χ1n) is 8.64. The molecule has 2 aromatic rings. The van der Waals surface area contributed by atoms with Crippen LogP contribution >= 0.6 is 11.3 Å². The first-order valence-corrected chi connectivity index (χ1v) is 9.52. The van der Waals surface area contributed by atoms with Crippen LogP contribution in [0.2, 0.25) is 0 Å². The van der Waals surface area contributed by atoms with Crippen molar-refractivity contribution in [2.24, 2.45) is 4.99 Å². The second-order valence-electron chi connectivity index (χ2n) is 6.14. The molecule has 0 fully saturated rings. The molecule has 2 rings (SSSR count). The third-order valence-corrected chi connectivity index (χ3v) is 4.93. The van der Waals surface area contributed by atoms with Gasteiger partial charge in [-0.2, -0.15) is 0 Å². The molecule has 0 spiro atoms. The lowest BCUT2D eigenvalue weighted by Gasteiger charge is -2.22. The number of nitrogens with zero attached hydrogens (tertiary/aromatic N) is 3. The van der Waals surface area contributed by atoms with E-state index < -0.39 is 0 Å².